The van der Waals surface area contributed by atoms with Crippen LogP contribution in [0.4, 0.5) is 4.79 Å². The largest absolute Gasteiger partial charge is 0.343 e. The summed E-state index contributed by atoms with van der Waals surface area (Å²) in [6.45, 7) is 10.5. The molecule has 1 fully saturated rings. The minimum Gasteiger partial charge on any atom is -0.343 e. The zero-order valence-corrected chi connectivity index (χ0v) is 13.1. The van der Waals surface area contributed by atoms with E-state index < -0.39 is 0 Å². The smallest absolute Gasteiger partial charge is 0.318 e. The van der Waals surface area contributed by atoms with Gasteiger partial charge >= 0.3 is 6.03 Å². The van der Waals surface area contributed by atoms with Crippen molar-refractivity contribution in [1.29, 1.82) is 0 Å². The highest BCUT2D eigenvalue weighted by molar-refractivity contribution is 5.78. The Labute approximate surface area is 121 Å². The first-order chi connectivity index (χ1) is 9.30. The molecule has 0 unspecified atom stereocenters. The molecular formula is C15H27N3O2. The number of nitrogens with zero attached hydrogens (tertiary/aromatic N) is 1. The Kier molecular flexibility index (Phi) is 6.05. The van der Waals surface area contributed by atoms with Gasteiger partial charge in [-0.2, -0.15) is 0 Å². The molecule has 1 aliphatic rings. The van der Waals surface area contributed by atoms with Crippen LogP contribution >= 0.6 is 0 Å². The summed E-state index contributed by atoms with van der Waals surface area (Å²) in [5.74, 6) is 0.234. The molecule has 0 aromatic heterocycles. The Morgan fingerprint density at radius 2 is 2.10 bits per heavy atom. The third-order valence-electron chi connectivity index (χ3n) is 3.66. The number of carbonyl (C=O) groups excluding carboxylic acids is 2. The Hall–Kier alpha value is -1.52. The van der Waals surface area contributed by atoms with E-state index in [1.807, 2.05) is 11.8 Å². The lowest BCUT2D eigenvalue weighted by atomic mass is 9.88. The molecule has 0 spiro atoms. The second kappa shape index (κ2) is 7.31. The van der Waals surface area contributed by atoms with Crippen molar-refractivity contribution in [3.05, 3.63) is 11.8 Å². The van der Waals surface area contributed by atoms with Crippen LogP contribution in [0.1, 0.15) is 47.0 Å². The fourth-order valence-electron chi connectivity index (χ4n) is 1.85. The molecule has 1 saturated heterocycles. The molecule has 1 rings (SSSR count). The molecule has 1 heterocycles. The van der Waals surface area contributed by atoms with Gasteiger partial charge in [-0.25, -0.2) is 4.79 Å². The highest BCUT2D eigenvalue weighted by atomic mass is 16.2. The summed E-state index contributed by atoms with van der Waals surface area (Å²) in [5, 5.41) is 5.53. The highest BCUT2D eigenvalue weighted by Crippen LogP contribution is 2.23. The molecule has 5 heteroatoms. The van der Waals surface area contributed by atoms with Gasteiger partial charge in [-0.1, -0.05) is 26.3 Å². The second-order valence-corrected chi connectivity index (χ2v) is 6.32. The van der Waals surface area contributed by atoms with Gasteiger partial charge < -0.3 is 15.5 Å². The van der Waals surface area contributed by atoms with Gasteiger partial charge in [0, 0.05) is 32.3 Å². The number of hydrogen-bond acceptors (Lipinski definition) is 2. The van der Waals surface area contributed by atoms with Crippen LogP contribution in [0.2, 0.25) is 0 Å². The van der Waals surface area contributed by atoms with Crippen LogP contribution in [-0.2, 0) is 4.79 Å². The molecule has 0 bridgehead atoms. The second-order valence-electron chi connectivity index (χ2n) is 6.32. The summed E-state index contributed by atoms with van der Waals surface area (Å²) < 4.78 is 0. The van der Waals surface area contributed by atoms with Crippen LogP contribution in [0.3, 0.4) is 0 Å². The molecule has 0 radical (unpaired) electrons. The molecule has 2 N–H and O–H groups in total. The molecule has 114 valence electrons. The summed E-state index contributed by atoms with van der Waals surface area (Å²) in [4.78, 5) is 24.8. The summed E-state index contributed by atoms with van der Waals surface area (Å²) in [6, 6.07) is -0.193. The molecule has 0 aliphatic carbocycles. The minimum absolute atomic E-state index is 0.0589. The number of hydrogen-bond donors (Lipinski definition) is 2. The van der Waals surface area contributed by atoms with Gasteiger partial charge in [0.2, 0.25) is 5.91 Å². The van der Waals surface area contributed by atoms with Crippen molar-refractivity contribution < 1.29 is 9.59 Å². The monoisotopic (exact) mass is 281 g/mol. The topological polar surface area (TPSA) is 61.4 Å². The number of allylic oxidation sites excluding steroid dienone is 1. The van der Waals surface area contributed by atoms with Crippen LogP contribution in [-0.4, -0.2) is 36.5 Å². The Balaban J connectivity index is 2.16. The van der Waals surface area contributed by atoms with Crippen molar-refractivity contribution in [3.63, 3.8) is 0 Å². The number of likely N-dealkylation sites (tertiary alicyclic amines) is 1. The van der Waals surface area contributed by atoms with Crippen molar-refractivity contribution in [2.45, 2.75) is 47.0 Å². The molecule has 20 heavy (non-hydrogen) atoms. The van der Waals surface area contributed by atoms with Crippen molar-refractivity contribution in [2.75, 3.05) is 19.6 Å². The minimum atomic E-state index is -0.193. The first kappa shape index (κ1) is 16.5. The molecular weight excluding hydrogens is 254 g/mol. The summed E-state index contributed by atoms with van der Waals surface area (Å²) in [5.41, 5.74) is 1.18. The standard InChI is InChI=1S/C15H27N3O2/c1-12(15(2,3)4)11-17-14(20)16-8-6-10-18-9-5-7-13(18)19/h11H,5-10H2,1-4H3,(H2,16,17,20)/b12-11+. The summed E-state index contributed by atoms with van der Waals surface area (Å²) in [7, 11) is 0. The normalized spacial score (nSPS) is 16.5. The van der Waals surface area contributed by atoms with Crippen LogP contribution < -0.4 is 10.6 Å². The van der Waals surface area contributed by atoms with Crippen molar-refractivity contribution in [3.8, 4) is 0 Å². The average molecular weight is 281 g/mol. The molecule has 3 amide bonds. The van der Waals surface area contributed by atoms with Gasteiger partial charge in [0.25, 0.3) is 0 Å². The van der Waals surface area contributed by atoms with Crippen LogP contribution in [0.25, 0.3) is 0 Å². The maximum atomic E-state index is 11.6. The quantitative estimate of drug-likeness (QED) is 0.759. The van der Waals surface area contributed by atoms with E-state index in [9.17, 15) is 9.59 Å². The number of rotatable bonds is 5. The average Bonchev–Trinajstić information content (AvgIpc) is 2.76. The fraction of sp³-hybridized carbons (Fsp3) is 0.733. The fourth-order valence-corrected chi connectivity index (χ4v) is 1.85. The Morgan fingerprint density at radius 3 is 2.65 bits per heavy atom. The van der Waals surface area contributed by atoms with Gasteiger partial charge in [-0.05, 0) is 25.2 Å². The van der Waals surface area contributed by atoms with E-state index in [4.69, 9.17) is 0 Å². The van der Waals surface area contributed by atoms with E-state index in [0.29, 0.717) is 13.0 Å². The number of nitrogens with one attached hydrogen (secondary N) is 2. The maximum absolute atomic E-state index is 11.6. The van der Waals surface area contributed by atoms with Gasteiger partial charge in [-0.15, -0.1) is 0 Å². The van der Waals surface area contributed by atoms with Gasteiger partial charge in [0.15, 0.2) is 0 Å². The summed E-state index contributed by atoms with van der Waals surface area (Å²) in [6.07, 6.45) is 4.18. The van der Waals surface area contributed by atoms with Gasteiger partial charge in [-0.3, -0.25) is 4.79 Å². The van der Waals surface area contributed by atoms with Gasteiger partial charge in [0.05, 0.1) is 0 Å². The first-order valence-electron chi connectivity index (χ1n) is 7.30. The van der Waals surface area contributed by atoms with Gasteiger partial charge in [0.1, 0.15) is 0 Å². The van der Waals surface area contributed by atoms with Crippen LogP contribution in [0.15, 0.2) is 11.8 Å². The van der Waals surface area contributed by atoms with E-state index >= 15 is 0 Å². The Bertz CT molecular complexity index is 383. The lowest BCUT2D eigenvalue weighted by Crippen LogP contribution is -2.35. The molecule has 0 aromatic carbocycles. The van der Waals surface area contributed by atoms with E-state index in [1.54, 1.807) is 6.20 Å². The zero-order valence-electron chi connectivity index (χ0n) is 13.1. The van der Waals surface area contributed by atoms with E-state index in [2.05, 4.69) is 31.4 Å². The van der Waals surface area contributed by atoms with E-state index in [0.717, 1.165) is 31.5 Å². The predicted octanol–water partition coefficient (Wildman–Crippen LogP) is 2.25. The lowest BCUT2D eigenvalue weighted by molar-refractivity contribution is -0.127. The predicted molar refractivity (Wildman–Crippen MR) is 80.2 cm³/mol. The summed E-state index contributed by atoms with van der Waals surface area (Å²) >= 11 is 0. The maximum Gasteiger partial charge on any atom is 0.318 e. The van der Waals surface area contributed by atoms with Crippen LogP contribution in [0.5, 0.6) is 0 Å². The Morgan fingerprint density at radius 1 is 1.40 bits per heavy atom. The lowest BCUT2D eigenvalue weighted by Gasteiger charge is -2.19. The highest BCUT2D eigenvalue weighted by Gasteiger charge is 2.19. The molecule has 0 saturated carbocycles. The SMILES string of the molecule is C/C(=C\NC(=O)NCCCN1CCCC1=O)C(C)(C)C. The van der Waals surface area contributed by atoms with E-state index in [1.165, 1.54) is 0 Å². The third-order valence-corrected chi connectivity index (χ3v) is 3.66. The molecule has 0 atom stereocenters. The zero-order chi connectivity index (χ0) is 15.2. The molecule has 0 aromatic rings. The number of amides is 3. The molecule has 5 nitrogen and oxygen atoms in total. The van der Waals surface area contributed by atoms with E-state index in [-0.39, 0.29) is 17.4 Å². The third kappa shape index (κ3) is 5.63. The molecule has 1 aliphatic heterocycles. The van der Waals surface area contributed by atoms with Crippen molar-refractivity contribution in [1.82, 2.24) is 15.5 Å². The number of urea groups is 1. The first-order valence-corrected chi connectivity index (χ1v) is 7.30. The van der Waals surface area contributed by atoms with Crippen molar-refractivity contribution in [2.24, 2.45) is 5.41 Å². The van der Waals surface area contributed by atoms with Crippen molar-refractivity contribution >= 4 is 11.9 Å². The van der Waals surface area contributed by atoms with Crippen LogP contribution in [0, 0.1) is 5.41 Å². The number of carbonyl (C=O) groups is 2.